The molecular weight excluding hydrogens is 438 g/mol. The number of rotatable bonds is 4. The van der Waals surface area contributed by atoms with E-state index >= 15 is 0 Å². The number of piperazine rings is 1. The van der Waals surface area contributed by atoms with E-state index in [9.17, 15) is 9.59 Å². The lowest BCUT2D eigenvalue weighted by molar-refractivity contribution is -0.125. The van der Waals surface area contributed by atoms with Crippen LogP contribution in [0.1, 0.15) is 6.42 Å². The van der Waals surface area contributed by atoms with Gasteiger partial charge < -0.3 is 29.3 Å². The van der Waals surface area contributed by atoms with E-state index in [4.69, 9.17) is 14.2 Å². The summed E-state index contributed by atoms with van der Waals surface area (Å²) in [7, 11) is 1.65. The molecule has 3 aliphatic rings. The molecule has 0 saturated carbocycles. The number of aliphatic imine (C=N–C) groups is 1. The quantitative estimate of drug-likeness (QED) is 0.705. The van der Waals surface area contributed by atoms with Crippen molar-refractivity contribution >= 4 is 29.1 Å². The summed E-state index contributed by atoms with van der Waals surface area (Å²) in [5.74, 6) is 1.96. The third kappa shape index (κ3) is 4.70. The van der Waals surface area contributed by atoms with Gasteiger partial charge >= 0.3 is 0 Å². The highest BCUT2D eigenvalue weighted by Gasteiger charge is 2.31. The van der Waals surface area contributed by atoms with Crippen LogP contribution >= 0.6 is 0 Å². The van der Waals surface area contributed by atoms with Crippen molar-refractivity contribution in [3.63, 3.8) is 0 Å². The Labute approximate surface area is 197 Å². The molecule has 0 aliphatic carbocycles. The fourth-order valence-corrected chi connectivity index (χ4v) is 4.21. The van der Waals surface area contributed by atoms with Crippen molar-refractivity contribution < 1.29 is 23.8 Å². The van der Waals surface area contributed by atoms with Gasteiger partial charge in [0.05, 0.1) is 13.5 Å². The molecule has 10 heteroatoms. The maximum absolute atomic E-state index is 12.9. The molecule has 2 aromatic rings. The number of methoxy groups -OCH3 is 1. The fraction of sp³-hybridized carbons (Fsp3) is 0.375. The first kappa shape index (κ1) is 21.9. The number of carbonyl (C=O) groups is 2. The predicted molar refractivity (Wildman–Crippen MR) is 127 cm³/mol. The molecule has 1 atom stereocenters. The van der Waals surface area contributed by atoms with Gasteiger partial charge in [0.1, 0.15) is 25.0 Å². The summed E-state index contributed by atoms with van der Waals surface area (Å²) in [6, 6.07) is 12.4. The summed E-state index contributed by atoms with van der Waals surface area (Å²) in [5.41, 5.74) is 1.69. The van der Waals surface area contributed by atoms with E-state index in [0.29, 0.717) is 49.4 Å². The predicted octanol–water partition coefficient (Wildman–Crippen LogP) is 1.47. The number of carbonyl (C=O) groups excluding carboxylic acids is 2. The van der Waals surface area contributed by atoms with E-state index in [0.717, 1.165) is 24.5 Å². The van der Waals surface area contributed by atoms with Gasteiger partial charge in [0.25, 0.3) is 0 Å². The van der Waals surface area contributed by atoms with Gasteiger partial charge in [-0.15, -0.1) is 0 Å². The normalized spacial score (nSPS) is 19.7. The van der Waals surface area contributed by atoms with Crippen LogP contribution in [0.5, 0.6) is 17.2 Å². The van der Waals surface area contributed by atoms with E-state index in [2.05, 4.69) is 20.5 Å². The van der Waals surface area contributed by atoms with Crippen LogP contribution in [0.25, 0.3) is 0 Å². The Hall–Kier alpha value is -3.95. The summed E-state index contributed by atoms with van der Waals surface area (Å²) >= 11 is 0. The highest BCUT2D eigenvalue weighted by atomic mass is 16.6. The number of fused-ring (bicyclic) bond motifs is 1. The number of ether oxygens (including phenoxy) is 3. The molecule has 34 heavy (non-hydrogen) atoms. The molecule has 1 fully saturated rings. The van der Waals surface area contributed by atoms with E-state index < -0.39 is 6.04 Å². The minimum atomic E-state index is -0.795. The third-order valence-electron chi connectivity index (χ3n) is 6.04. The average molecular weight is 466 g/mol. The molecule has 0 aromatic heterocycles. The van der Waals surface area contributed by atoms with Crippen LogP contribution in [0.3, 0.4) is 0 Å². The van der Waals surface area contributed by atoms with Crippen molar-refractivity contribution in [2.75, 3.05) is 56.7 Å². The SMILES string of the molecule is COc1ccc(N2CCN(C3=NC(C(=O)Nc4ccc5c(c4)OCCO5)CC(=O)N3)CC2)cc1. The number of hydrogen-bond acceptors (Lipinski definition) is 8. The van der Waals surface area contributed by atoms with Crippen LogP contribution in [0.4, 0.5) is 11.4 Å². The molecule has 178 valence electrons. The van der Waals surface area contributed by atoms with Crippen LogP contribution in [-0.4, -0.2) is 75.2 Å². The molecule has 3 heterocycles. The molecule has 2 aromatic carbocycles. The van der Waals surface area contributed by atoms with E-state index in [-0.39, 0.29) is 18.2 Å². The first-order valence-electron chi connectivity index (χ1n) is 11.3. The number of benzene rings is 2. The molecule has 1 saturated heterocycles. The number of nitrogens with one attached hydrogen (secondary N) is 2. The Kier molecular flexibility index (Phi) is 6.11. The van der Waals surface area contributed by atoms with E-state index in [1.165, 1.54) is 0 Å². The van der Waals surface area contributed by atoms with Crippen molar-refractivity contribution in [1.29, 1.82) is 0 Å². The van der Waals surface area contributed by atoms with Gasteiger partial charge in [-0.1, -0.05) is 0 Å². The Bertz CT molecular complexity index is 1100. The monoisotopic (exact) mass is 465 g/mol. The lowest BCUT2D eigenvalue weighted by atomic mass is 10.1. The molecule has 1 unspecified atom stereocenters. The second-order valence-electron chi connectivity index (χ2n) is 8.24. The molecule has 0 bridgehead atoms. The van der Waals surface area contributed by atoms with Gasteiger partial charge in [-0.2, -0.15) is 0 Å². The fourth-order valence-electron chi connectivity index (χ4n) is 4.21. The van der Waals surface area contributed by atoms with Crippen molar-refractivity contribution in [2.45, 2.75) is 12.5 Å². The highest BCUT2D eigenvalue weighted by molar-refractivity contribution is 6.06. The minimum absolute atomic E-state index is 0.00565. The summed E-state index contributed by atoms with van der Waals surface area (Å²) in [4.78, 5) is 34.1. The summed E-state index contributed by atoms with van der Waals surface area (Å²) in [5, 5.41) is 5.68. The number of nitrogens with zero attached hydrogens (tertiary/aromatic N) is 3. The maximum Gasteiger partial charge on any atom is 0.249 e. The molecule has 2 N–H and O–H groups in total. The van der Waals surface area contributed by atoms with E-state index in [1.54, 1.807) is 25.3 Å². The van der Waals surface area contributed by atoms with Crippen LogP contribution in [-0.2, 0) is 9.59 Å². The van der Waals surface area contributed by atoms with Gasteiger partial charge in [0.15, 0.2) is 11.5 Å². The summed E-state index contributed by atoms with van der Waals surface area (Å²) in [6.07, 6.45) is 0.00565. The van der Waals surface area contributed by atoms with Gasteiger partial charge in [-0.25, -0.2) is 4.99 Å². The zero-order valence-electron chi connectivity index (χ0n) is 19.0. The molecule has 2 amide bonds. The van der Waals surface area contributed by atoms with Gasteiger partial charge in [-0.3, -0.25) is 14.9 Å². The topological polar surface area (TPSA) is 105 Å². The van der Waals surface area contributed by atoms with Gasteiger partial charge in [0, 0.05) is 43.6 Å². The smallest absolute Gasteiger partial charge is 0.249 e. The number of amides is 2. The number of guanidine groups is 1. The zero-order chi connectivity index (χ0) is 23.5. The van der Waals surface area contributed by atoms with Gasteiger partial charge in [-0.05, 0) is 36.4 Å². The van der Waals surface area contributed by atoms with Crippen molar-refractivity contribution in [3.05, 3.63) is 42.5 Å². The lowest BCUT2D eigenvalue weighted by Crippen LogP contribution is -2.56. The minimum Gasteiger partial charge on any atom is -0.497 e. The van der Waals surface area contributed by atoms with Crippen LogP contribution in [0.2, 0.25) is 0 Å². The molecule has 5 rings (SSSR count). The second kappa shape index (κ2) is 9.50. The first-order chi connectivity index (χ1) is 16.6. The van der Waals surface area contributed by atoms with Crippen LogP contribution < -0.4 is 29.7 Å². The highest BCUT2D eigenvalue weighted by Crippen LogP contribution is 2.32. The lowest BCUT2D eigenvalue weighted by Gasteiger charge is -2.38. The average Bonchev–Trinajstić information content (AvgIpc) is 2.88. The van der Waals surface area contributed by atoms with Crippen LogP contribution in [0.15, 0.2) is 47.5 Å². The van der Waals surface area contributed by atoms with Crippen molar-refractivity contribution in [2.24, 2.45) is 4.99 Å². The molecule has 0 radical (unpaired) electrons. The molecule has 3 aliphatic heterocycles. The number of anilines is 2. The third-order valence-corrected chi connectivity index (χ3v) is 6.04. The first-order valence-corrected chi connectivity index (χ1v) is 11.3. The summed E-state index contributed by atoms with van der Waals surface area (Å²) < 4.78 is 16.3. The van der Waals surface area contributed by atoms with Crippen molar-refractivity contribution in [3.8, 4) is 17.2 Å². The Morgan fingerprint density at radius 2 is 1.74 bits per heavy atom. The van der Waals surface area contributed by atoms with Crippen molar-refractivity contribution in [1.82, 2.24) is 10.2 Å². The maximum atomic E-state index is 12.9. The van der Waals surface area contributed by atoms with Crippen LogP contribution in [0, 0.1) is 0 Å². The standard InChI is InChI=1S/C24H27N5O5/c1-32-18-5-3-17(4-6-18)28-8-10-29(11-9-28)24-26-19(15-22(30)27-24)23(31)25-16-2-7-20-21(14-16)34-13-12-33-20/h2-7,14,19H,8-13,15H2,1H3,(H,25,31)(H,26,27,30). The molecule has 10 nitrogen and oxygen atoms in total. The number of hydrogen-bond donors (Lipinski definition) is 2. The second-order valence-corrected chi connectivity index (χ2v) is 8.24. The van der Waals surface area contributed by atoms with E-state index in [1.807, 2.05) is 29.2 Å². The Morgan fingerprint density at radius 1 is 1.03 bits per heavy atom. The zero-order valence-corrected chi connectivity index (χ0v) is 19.0. The largest absolute Gasteiger partial charge is 0.497 e. The molecule has 0 spiro atoms. The Balaban J connectivity index is 1.22. The Morgan fingerprint density at radius 3 is 2.47 bits per heavy atom. The van der Waals surface area contributed by atoms with Gasteiger partial charge in [0.2, 0.25) is 17.8 Å². The summed E-state index contributed by atoms with van der Waals surface area (Å²) in [6.45, 7) is 3.88. The molecular formula is C24H27N5O5.